The summed E-state index contributed by atoms with van der Waals surface area (Å²) in [5, 5.41) is 11.8. The van der Waals surface area contributed by atoms with Crippen LogP contribution in [0.4, 0.5) is 0 Å². The van der Waals surface area contributed by atoms with E-state index in [1.165, 1.54) is 0 Å². The van der Waals surface area contributed by atoms with Crippen LogP contribution < -0.4 is 11.1 Å². The van der Waals surface area contributed by atoms with Gasteiger partial charge in [0.05, 0.1) is 5.92 Å². The Morgan fingerprint density at radius 1 is 1.56 bits per heavy atom. The zero-order valence-corrected chi connectivity index (χ0v) is 10.1. The topological polar surface area (TPSA) is 75.3 Å². The summed E-state index contributed by atoms with van der Waals surface area (Å²) in [5.41, 5.74) is 5.63. The van der Waals surface area contributed by atoms with Gasteiger partial charge >= 0.3 is 0 Å². The first-order chi connectivity index (χ1) is 7.44. The molecule has 0 bridgehead atoms. The summed E-state index contributed by atoms with van der Waals surface area (Å²) >= 11 is 0. The van der Waals surface area contributed by atoms with Crippen LogP contribution in [-0.2, 0) is 4.79 Å². The lowest BCUT2D eigenvalue weighted by atomic mass is 9.89. The molecule has 0 heterocycles. The van der Waals surface area contributed by atoms with Gasteiger partial charge in [0, 0.05) is 19.2 Å². The molecule has 2 atom stereocenters. The molecular formula is C12H22N2O2. The number of hydrogen-bond donors (Lipinski definition) is 3. The minimum absolute atomic E-state index is 0.0150. The van der Waals surface area contributed by atoms with Crippen molar-refractivity contribution in [1.29, 1.82) is 0 Å². The molecule has 0 spiro atoms. The van der Waals surface area contributed by atoms with Gasteiger partial charge in [-0.1, -0.05) is 26.0 Å². The van der Waals surface area contributed by atoms with E-state index in [1.54, 1.807) is 0 Å². The van der Waals surface area contributed by atoms with Crippen molar-refractivity contribution >= 4 is 5.91 Å². The van der Waals surface area contributed by atoms with Gasteiger partial charge in [-0.15, -0.1) is 0 Å². The molecule has 0 aromatic carbocycles. The summed E-state index contributed by atoms with van der Waals surface area (Å²) in [4.78, 5) is 11.8. The van der Waals surface area contributed by atoms with E-state index in [0.717, 1.165) is 0 Å². The van der Waals surface area contributed by atoms with E-state index in [-0.39, 0.29) is 29.9 Å². The predicted octanol–water partition coefficient (Wildman–Crippen LogP) is 0.415. The van der Waals surface area contributed by atoms with E-state index in [0.29, 0.717) is 19.4 Å². The van der Waals surface area contributed by atoms with Crippen molar-refractivity contribution < 1.29 is 9.90 Å². The van der Waals surface area contributed by atoms with Crippen molar-refractivity contribution in [2.24, 2.45) is 17.1 Å². The van der Waals surface area contributed by atoms with E-state index in [9.17, 15) is 4.79 Å². The standard InChI is InChI=1S/C12H22N2O2/c1-12(2,5-6-15)8-14-11(16)9-3-4-10(13)7-9/h3-4,9-10,15H,5-8,13H2,1-2H3,(H,14,16). The fraction of sp³-hybridized carbons (Fsp3) is 0.750. The van der Waals surface area contributed by atoms with Gasteiger partial charge in [-0.25, -0.2) is 0 Å². The average Bonchev–Trinajstić information content (AvgIpc) is 2.61. The Bertz CT molecular complexity index is 274. The van der Waals surface area contributed by atoms with Crippen LogP contribution in [0.15, 0.2) is 12.2 Å². The third-order valence-electron chi connectivity index (χ3n) is 2.98. The van der Waals surface area contributed by atoms with E-state index in [4.69, 9.17) is 10.8 Å². The van der Waals surface area contributed by atoms with Crippen molar-refractivity contribution in [2.45, 2.75) is 32.7 Å². The summed E-state index contributed by atoms with van der Waals surface area (Å²) in [6.07, 6.45) is 5.14. The first kappa shape index (κ1) is 13.2. The predicted molar refractivity (Wildman–Crippen MR) is 63.7 cm³/mol. The molecule has 2 unspecified atom stereocenters. The molecule has 16 heavy (non-hydrogen) atoms. The Hall–Kier alpha value is -0.870. The molecule has 0 fully saturated rings. The maximum Gasteiger partial charge on any atom is 0.227 e. The quantitative estimate of drug-likeness (QED) is 0.594. The Kier molecular flexibility index (Phi) is 4.50. The van der Waals surface area contributed by atoms with Gasteiger partial charge in [-0.2, -0.15) is 0 Å². The van der Waals surface area contributed by atoms with Gasteiger partial charge in [0.25, 0.3) is 0 Å². The maximum atomic E-state index is 11.8. The minimum Gasteiger partial charge on any atom is -0.396 e. The second-order valence-corrected chi connectivity index (χ2v) is 5.25. The molecule has 0 aliphatic heterocycles. The zero-order chi connectivity index (χ0) is 12.2. The zero-order valence-electron chi connectivity index (χ0n) is 10.1. The Labute approximate surface area is 96.9 Å². The molecule has 0 saturated carbocycles. The summed E-state index contributed by atoms with van der Waals surface area (Å²) < 4.78 is 0. The summed E-state index contributed by atoms with van der Waals surface area (Å²) in [6, 6.07) is 0.0150. The molecule has 1 aliphatic rings. The Morgan fingerprint density at radius 2 is 2.25 bits per heavy atom. The number of carbonyl (C=O) groups is 1. The highest BCUT2D eigenvalue weighted by Gasteiger charge is 2.24. The van der Waals surface area contributed by atoms with Crippen LogP contribution in [0, 0.1) is 11.3 Å². The highest BCUT2D eigenvalue weighted by molar-refractivity contribution is 5.81. The highest BCUT2D eigenvalue weighted by Crippen LogP contribution is 2.20. The Balaban J connectivity index is 2.33. The highest BCUT2D eigenvalue weighted by atomic mass is 16.3. The van der Waals surface area contributed by atoms with Crippen LogP contribution in [0.5, 0.6) is 0 Å². The molecule has 1 rings (SSSR count). The monoisotopic (exact) mass is 226 g/mol. The molecule has 92 valence electrons. The maximum absolute atomic E-state index is 11.8. The van der Waals surface area contributed by atoms with Gasteiger partial charge in [-0.3, -0.25) is 4.79 Å². The first-order valence-corrected chi connectivity index (χ1v) is 5.77. The molecule has 0 aromatic rings. The number of carbonyl (C=O) groups excluding carboxylic acids is 1. The van der Waals surface area contributed by atoms with E-state index >= 15 is 0 Å². The summed E-state index contributed by atoms with van der Waals surface area (Å²) in [5.74, 6) is -0.0462. The van der Waals surface area contributed by atoms with Crippen LogP contribution >= 0.6 is 0 Å². The largest absolute Gasteiger partial charge is 0.396 e. The van der Waals surface area contributed by atoms with Crippen molar-refractivity contribution in [2.75, 3.05) is 13.2 Å². The number of hydrogen-bond acceptors (Lipinski definition) is 3. The molecule has 4 heteroatoms. The SMILES string of the molecule is CC(C)(CCO)CNC(=O)C1C=CC(N)C1. The molecule has 1 amide bonds. The normalized spacial score (nSPS) is 24.8. The van der Waals surface area contributed by atoms with Crippen LogP contribution in [0.2, 0.25) is 0 Å². The number of amides is 1. The van der Waals surface area contributed by atoms with Gasteiger partial charge in [0.2, 0.25) is 5.91 Å². The summed E-state index contributed by atoms with van der Waals surface area (Å²) in [6.45, 7) is 4.79. The fourth-order valence-electron chi connectivity index (χ4n) is 1.77. The Morgan fingerprint density at radius 3 is 2.75 bits per heavy atom. The molecule has 0 aromatic heterocycles. The number of rotatable bonds is 5. The fourth-order valence-corrected chi connectivity index (χ4v) is 1.77. The van der Waals surface area contributed by atoms with Crippen molar-refractivity contribution in [3.05, 3.63) is 12.2 Å². The average molecular weight is 226 g/mol. The van der Waals surface area contributed by atoms with Crippen LogP contribution in [0.1, 0.15) is 26.7 Å². The second kappa shape index (κ2) is 5.46. The van der Waals surface area contributed by atoms with Gasteiger partial charge < -0.3 is 16.2 Å². The second-order valence-electron chi connectivity index (χ2n) is 5.25. The summed E-state index contributed by atoms with van der Waals surface area (Å²) in [7, 11) is 0. The van der Waals surface area contributed by atoms with Crippen molar-refractivity contribution in [3.8, 4) is 0 Å². The van der Waals surface area contributed by atoms with E-state index in [1.807, 2.05) is 26.0 Å². The lowest BCUT2D eigenvalue weighted by Gasteiger charge is -2.24. The number of aliphatic hydroxyl groups is 1. The molecule has 0 radical (unpaired) electrons. The van der Waals surface area contributed by atoms with E-state index in [2.05, 4.69) is 5.32 Å². The van der Waals surface area contributed by atoms with Crippen molar-refractivity contribution in [1.82, 2.24) is 5.32 Å². The van der Waals surface area contributed by atoms with Crippen LogP contribution in [0.3, 0.4) is 0 Å². The minimum atomic E-state index is -0.0834. The van der Waals surface area contributed by atoms with Gasteiger partial charge in [-0.05, 0) is 18.3 Å². The lowest BCUT2D eigenvalue weighted by molar-refractivity contribution is -0.124. The van der Waals surface area contributed by atoms with Crippen LogP contribution in [0.25, 0.3) is 0 Å². The van der Waals surface area contributed by atoms with Gasteiger partial charge in [0.1, 0.15) is 0 Å². The molecular weight excluding hydrogens is 204 g/mol. The third-order valence-corrected chi connectivity index (χ3v) is 2.98. The lowest BCUT2D eigenvalue weighted by Crippen LogP contribution is -2.37. The molecule has 1 aliphatic carbocycles. The molecule has 0 saturated heterocycles. The van der Waals surface area contributed by atoms with Crippen molar-refractivity contribution in [3.63, 3.8) is 0 Å². The van der Waals surface area contributed by atoms with Crippen LogP contribution in [-0.4, -0.2) is 30.2 Å². The molecule has 4 nitrogen and oxygen atoms in total. The molecule has 4 N–H and O–H groups in total. The third kappa shape index (κ3) is 3.94. The number of aliphatic hydroxyl groups excluding tert-OH is 1. The first-order valence-electron chi connectivity index (χ1n) is 5.77. The smallest absolute Gasteiger partial charge is 0.227 e. The van der Waals surface area contributed by atoms with E-state index < -0.39 is 0 Å². The van der Waals surface area contributed by atoms with Gasteiger partial charge in [0.15, 0.2) is 0 Å². The number of nitrogens with two attached hydrogens (primary N) is 1. The number of nitrogens with one attached hydrogen (secondary N) is 1.